The Bertz CT molecular complexity index is 793. The number of thioether (sulfide) groups is 1. The molecule has 0 heterocycles. The summed E-state index contributed by atoms with van der Waals surface area (Å²) in [7, 11) is 0. The molecule has 0 aromatic heterocycles. The molecule has 0 bridgehead atoms. The van der Waals surface area contributed by atoms with E-state index in [0.29, 0.717) is 0 Å². The van der Waals surface area contributed by atoms with Crippen LogP contribution in [0, 0.1) is 22.7 Å². The summed E-state index contributed by atoms with van der Waals surface area (Å²) in [6.45, 7) is 0. The highest BCUT2D eigenvalue weighted by Gasteiger charge is 2.33. The van der Waals surface area contributed by atoms with E-state index in [0.717, 1.165) is 6.21 Å². The van der Waals surface area contributed by atoms with Crippen LogP contribution in [0.25, 0.3) is 0 Å². The second kappa shape index (κ2) is 8.19. The van der Waals surface area contributed by atoms with Crippen molar-refractivity contribution >= 4 is 64.4 Å². The molecule has 24 heavy (non-hydrogen) atoms. The molecule has 0 atom stereocenters. The summed E-state index contributed by atoms with van der Waals surface area (Å²) in [4.78, 5) is 3.06. The molecule has 1 aromatic carbocycles. The lowest BCUT2D eigenvalue weighted by Gasteiger charge is -2.14. The van der Waals surface area contributed by atoms with Gasteiger partial charge in [0.15, 0.2) is 5.70 Å². The molecular formula is C12H3Cl4F3N4S. The lowest BCUT2D eigenvalue weighted by Crippen LogP contribution is -2.02. The molecule has 0 aliphatic carbocycles. The van der Waals surface area contributed by atoms with Gasteiger partial charge in [0.25, 0.3) is 0 Å². The van der Waals surface area contributed by atoms with Crippen molar-refractivity contribution in [3.63, 3.8) is 0 Å². The average molecular weight is 434 g/mol. The van der Waals surface area contributed by atoms with Crippen LogP contribution in [0.4, 0.5) is 13.2 Å². The highest BCUT2D eigenvalue weighted by Crippen LogP contribution is 2.49. The first-order valence-corrected chi connectivity index (χ1v) is 7.82. The number of hydrogen-bond donors (Lipinski definition) is 1. The van der Waals surface area contributed by atoms with Crippen LogP contribution in [-0.2, 0) is 0 Å². The number of nitriles is 2. The number of benzene rings is 1. The minimum atomic E-state index is -4.66. The maximum absolute atomic E-state index is 12.5. The number of allylic oxidation sites excluding steroid dienone is 2. The summed E-state index contributed by atoms with van der Waals surface area (Å²) in [6, 6.07) is 3.08. The van der Waals surface area contributed by atoms with Crippen molar-refractivity contribution in [2.75, 3.05) is 0 Å². The van der Waals surface area contributed by atoms with Crippen molar-refractivity contribution in [2.24, 2.45) is 10.7 Å². The maximum atomic E-state index is 12.5. The lowest BCUT2D eigenvalue weighted by atomic mass is 10.2. The van der Waals surface area contributed by atoms with Gasteiger partial charge in [0, 0.05) is 11.8 Å². The van der Waals surface area contributed by atoms with Crippen molar-refractivity contribution in [2.45, 2.75) is 10.4 Å². The number of halogens is 7. The summed E-state index contributed by atoms with van der Waals surface area (Å²) in [5, 5.41) is 15.8. The molecule has 0 saturated carbocycles. The highest BCUT2D eigenvalue weighted by atomic mass is 35.5. The third kappa shape index (κ3) is 4.85. The molecular weight excluding hydrogens is 431 g/mol. The van der Waals surface area contributed by atoms with Crippen LogP contribution in [0.2, 0.25) is 20.1 Å². The Morgan fingerprint density at radius 2 is 1.54 bits per heavy atom. The van der Waals surface area contributed by atoms with Gasteiger partial charge in [-0.1, -0.05) is 46.4 Å². The number of nitrogens with two attached hydrogens (primary N) is 1. The van der Waals surface area contributed by atoms with Gasteiger partial charge in [-0.05, 0) is 11.8 Å². The van der Waals surface area contributed by atoms with Gasteiger partial charge < -0.3 is 5.73 Å². The first-order valence-electron chi connectivity index (χ1n) is 5.49. The molecule has 2 N–H and O–H groups in total. The normalized spacial score (nSPS) is 12.7. The van der Waals surface area contributed by atoms with Gasteiger partial charge in [0.2, 0.25) is 0 Å². The van der Waals surface area contributed by atoms with Crippen LogP contribution in [0.1, 0.15) is 5.56 Å². The molecule has 0 radical (unpaired) electrons. The minimum Gasteiger partial charge on any atom is -0.388 e. The molecule has 0 aliphatic heterocycles. The molecule has 0 amide bonds. The van der Waals surface area contributed by atoms with Gasteiger partial charge in [-0.3, -0.25) is 0 Å². The van der Waals surface area contributed by atoms with Crippen LogP contribution in [0.3, 0.4) is 0 Å². The molecule has 0 spiro atoms. The van der Waals surface area contributed by atoms with E-state index in [1.165, 1.54) is 6.07 Å². The Morgan fingerprint density at radius 3 is 1.92 bits per heavy atom. The van der Waals surface area contributed by atoms with Crippen molar-refractivity contribution in [1.82, 2.24) is 0 Å². The molecule has 0 unspecified atom stereocenters. The summed E-state index contributed by atoms with van der Waals surface area (Å²) in [6.07, 6.45) is 0.924. The van der Waals surface area contributed by atoms with Crippen LogP contribution in [-0.4, -0.2) is 11.7 Å². The van der Waals surface area contributed by atoms with E-state index in [9.17, 15) is 13.2 Å². The predicted molar refractivity (Wildman–Crippen MR) is 88.4 cm³/mol. The fourth-order valence-corrected chi connectivity index (χ4v) is 3.21. The third-order valence-electron chi connectivity index (χ3n) is 2.28. The van der Waals surface area contributed by atoms with E-state index >= 15 is 0 Å². The Hall–Kier alpha value is -1.29. The summed E-state index contributed by atoms with van der Waals surface area (Å²) in [5.74, 6) is 0. The standard InChI is InChI=1S/C12H3Cl4F3N4S/c13-7-4(3-23-6(2-21)5(22)1-20)8(14)10(16)11(9(7)15)24-12(17,18)19/h3H,22H2/b6-5+,23-3?. The second-order valence-corrected chi connectivity index (χ2v) is 6.38. The molecule has 0 saturated heterocycles. The van der Waals surface area contributed by atoms with E-state index < -0.39 is 43.6 Å². The van der Waals surface area contributed by atoms with E-state index in [-0.39, 0.29) is 15.6 Å². The van der Waals surface area contributed by atoms with E-state index in [1.807, 2.05) is 0 Å². The van der Waals surface area contributed by atoms with E-state index in [2.05, 4.69) is 4.99 Å². The maximum Gasteiger partial charge on any atom is 0.446 e. The van der Waals surface area contributed by atoms with Gasteiger partial charge in [-0.25, -0.2) is 4.99 Å². The number of hydrogen-bond acceptors (Lipinski definition) is 5. The first kappa shape index (κ1) is 20.8. The van der Waals surface area contributed by atoms with Gasteiger partial charge in [-0.2, -0.15) is 23.7 Å². The van der Waals surface area contributed by atoms with Crippen LogP contribution >= 0.6 is 58.2 Å². The number of nitrogens with zero attached hydrogens (tertiary/aromatic N) is 3. The molecule has 12 heteroatoms. The third-order valence-corrected chi connectivity index (χ3v) is 5.08. The Labute approximate surface area is 158 Å². The van der Waals surface area contributed by atoms with Crippen molar-refractivity contribution in [3.8, 4) is 12.1 Å². The fraction of sp³-hybridized carbons (Fsp3) is 0.0833. The zero-order chi connectivity index (χ0) is 18.7. The SMILES string of the molecule is N#C/C(N)=C(/C#N)N=Cc1c(Cl)c(Cl)c(SC(F)(F)F)c(Cl)c1Cl. The molecule has 0 fully saturated rings. The van der Waals surface area contributed by atoms with Gasteiger partial charge in [0.05, 0.1) is 25.0 Å². The topological polar surface area (TPSA) is 86.0 Å². The van der Waals surface area contributed by atoms with E-state index in [1.54, 1.807) is 6.07 Å². The number of alkyl halides is 3. The number of aliphatic imine (C=N–C) groups is 1. The predicted octanol–water partition coefficient (Wildman–Crippen LogP) is 5.55. The largest absolute Gasteiger partial charge is 0.446 e. The summed E-state index contributed by atoms with van der Waals surface area (Å²) in [5.41, 5.74) is -0.438. The van der Waals surface area contributed by atoms with Crippen LogP contribution < -0.4 is 5.73 Å². The average Bonchev–Trinajstić information content (AvgIpc) is 2.51. The molecule has 0 aliphatic rings. The Morgan fingerprint density at radius 1 is 1.04 bits per heavy atom. The molecule has 1 aromatic rings. The molecule has 1 rings (SSSR count). The van der Waals surface area contributed by atoms with E-state index in [4.69, 9.17) is 62.7 Å². The first-order chi connectivity index (χ1) is 11.0. The van der Waals surface area contributed by atoms with Gasteiger partial charge in [-0.15, -0.1) is 0 Å². The second-order valence-electron chi connectivity index (χ2n) is 3.79. The number of rotatable bonds is 3. The molecule has 4 nitrogen and oxygen atoms in total. The van der Waals surface area contributed by atoms with Gasteiger partial charge >= 0.3 is 5.51 Å². The monoisotopic (exact) mass is 432 g/mol. The zero-order valence-electron chi connectivity index (χ0n) is 11.1. The van der Waals surface area contributed by atoms with Crippen molar-refractivity contribution < 1.29 is 13.2 Å². The zero-order valence-corrected chi connectivity index (χ0v) is 14.9. The Kier molecular flexibility index (Phi) is 7.09. The Balaban J connectivity index is 3.50. The van der Waals surface area contributed by atoms with Crippen LogP contribution in [0.15, 0.2) is 21.3 Å². The summed E-state index contributed by atoms with van der Waals surface area (Å²) >= 11 is 22.8. The van der Waals surface area contributed by atoms with Crippen molar-refractivity contribution in [1.29, 1.82) is 10.5 Å². The van der Waals surface area contributed by atoms with Crippen LogP contribution in [0.5, 0.6) is 0 Å². The highest BCUT2D eigenvalue weighted by molar-refractivity contribution is 8.00. The smallest absolute Gasteiger partial charge is 0.388 e. The molecule has 126 valence electrons. The quantitative estimate of drug-likeness (QED) is 0.293. The summed E-state index contributed by atoms with van der Waals surface area (Å²) < 4.78 is 37.6. The fourth-order valence-electron chi connectivity index (χ4n) is 1.29. The lowest BCUT2D eigenvalue weighted by molar-refractivity contribution is -0.0328. The minimum absolute atomic E-state index is 0.127. The van der Waals surface area contributed by atoms with Crippen molar-refractivity contribution in [3.05, 3.63) is 37.0 Å². The van der Waals surface area contributed by atoms with Gasteiger partial charge in [0.1, 0.15) is 17.8 Å².